The highest BCUT2D eigenvalue weighted by Gasteiger charge is 2.34. The van der Waals surface area contributed by atoms with E-state index in [4.69, 9.17) is 9.47 Å². The number of benzene rings is 1. The van der Waals surface area contributed by atoms with Crippen LogP contribution >= 0.6 is 0 Å². The zero-order valence-corrected chi connectivity index (χ0v) is 17.5. The average Bonchev–Trinajstić information content (AvgIpc) is 3.07. The van der Waals surface area contributed by atoms with Gasteiger partial charge in [-0.3, -0.25) is 4.90 Å². The number of rotatable bonds is 6. The van der Waals surface area contributed by atoms with E-state index >= 15 is 0 Å². The van der Waals surface area contributed by atoms with Gasteiger partial charge in [0.2, 0.25) is 0 Å². The first-order valence-electron chi connectivity index (χ1n) is 10.3. The molecule has 0 aromatic heterocycles. The number of ether oxygens (including phenoxy) is 2. The maximum absolute atomic E-state index is 14.8. The van der Waals surface area contributed by atoms with Crippen molar-refractivity contribution in [1.29, 1.82) is 0 Å². The molecule has 2 fully saturated rings. The lowest BCUT2D eigenvalue weighted by Crippen LogP contribution is -2.43. The molecular formula is C22H33FN2O3. The number of carbonyl (C=O) groups excluding carboxylic acids is 1. The summed E-state index contributed by atoms with van der Waals surface area (Å²) in [7, 11) is 1.75. The largest absolute Gasteiger partial charge is 0.487 e. The van der Waals surface area contributed by atoms with Gasteiger partial charge in [-0.05, 0) is 71.5 Å². The second kappa shape index (κ2) is 8.68. The molecule has 0 atom stereocenters. The predicted octanol–water partition coefficient (Wildman–Crippen LogP) is 4.45. The van der Waals surface area contributed by atoms with Gasteiger partial charge in [0.15, 0.2) is 11.6 Å². The second-order valence-electron chi connectivity index (χ2n) is 9.15. The molecule has 1 saturated carbocycles. The lowest BCUT2D eigenvalue weighted by Gasteiger charge is -2.37. The Labute approximate surface area is 167 Å². The number of halogens is 1. The molecule has 6 heteroatoms. The topological polar surface area (TPSA) is 42.0 Å². The van der Waals surface area contributed by atoms with Crippen LogP contribution in [0.3, 0.4) is 0 Å². The molecule has 0 unspecified atom stereocenters. The molecule has 28 heavy (non-hydrogen) atoms. The summed E-state index contributed by atoms with van der Waals surface area (Å²) >= 11 is 0. The Balaban J connectivity index is 1.46. The number of likely N-dealkylation sites (tertiary alicyclic amines) is 1. The van der Waals surface area contributed by atoms with E-state index in [-0.39, 0.29) is 18.0 Å². The van der Waals surface area contributed by atoms with Gasteiger partial charge in [0.25, 0.3) is 0 Å². The third-order valence-corrected chi connectivity index (χ3v) is 5.36. The molecule has 3 rings (SSSR count). The molecule has 0 N–H and O–H groups in total. The summed E-state index contributed by atoms with van der Waals surface area (Å²) in [5.41, 5.74) is 0.216. The Hall–Kier alpha value is -1.82. The predicted molar refractivity (Wildman–Crippen MR) is 107 cm³/mol. The monoisotopic (exact) mass is 392 g/mol. The van der Waals surface area contributed by atoms with E-state index in [1.165, 1.54) is 12.8 Å². The van der Waals surface area contributed by atoms with Crippen molar-refractivity contribution < 1.29 is 18.7 Å². The standard InChI is InChI=1S/C22H33FN2O3/c1-22(2,3)28-21(26)24(4)14-16-12-18(13-16)27-19-9-7-8-17(20(19)23)15-25-10-5-6-11-25/h7-9,16,18H,5-6,10-15H2,1-4H3. The highest BCUT2D eigenvalue weighted by molar-refractivity contribution is 5.67. The van der Waals surface area contributed by atoms with Gasteiger partial charge in [-0.1, -0.05) is 12.1 Å². The number of hydrogen-bond donors (Lipinski definition) is 0. The molecule has 156 valence electrons. The van der Waals surface area contributed by atoms with E-state index in [1.807, 2.05) is 32.9 Å². The molecule has 1 saturated heterocycles. The summed E-state index contributed by atoms with van der Waals surface area (Å²) in [6.45, 7) is 8.94. The summed E-state index contributed by atoms with van der Waals surface area (Å²) in [6, 6.07) is 5.43. The van der Waals surface area contributed by atoms with Crippen molar-refractivity contribution in [2.24, 2.45) is 5.92 Å². The average molecular weight is 393 g/mol. The quantitative estimate of drug-likeness (QED) is 0.717. The molecule has 1 heterocycles. The summed E-state index contributed by atoms with van der Waals surface area (Å²) in [5, 5.41) is 0. The second-order valence-corrected chi connectivity index (χ2v) is 9.15. The maximum Gasteiger partial charge on any atom is 0.410 e. The number of nitrogens with zero attached hydrogens (tertiary/aromatic N) is 2. The van der Waals surface area contributed by atoms with E-state index in [1.54, 1.807) is 18.0 Å². The van der Waals surface area contributed by atoms with E-state index in [0.29, 0.717) is 30.3 Å². The summed E-state index contributed by atoms with van der Waals surface area (Å²) in [5.74, 6) is 0.475. The minimum atomic E-state index is -0.492. The van der Waals surface area contributed by atoms with Crippen LogP contribution in [0.5, 0.6) is 5.75 Å². The van der Waals surface area contributed by atoms with Crippen molar-refractivity contribution in [3.63, 3.8) is 0 Å². The third kappa shape index (κ3) is 5.60. The van der Waals surface area contributed by atoms with E-state index in [0.717, 1.165) is 25.9 Å². The smallest absolute Gasteiger partial charge is 0.410 e. The number of amides is 1. The van der Waals surface area contributed by atoms with Crippen LogP contribution in [-0.4, -0.2) is 54.3 Å². The number of hydrogen-bond acceptors (Lipinski definition) is 4. The van der Waals surface area contributed by atoms with Crippen LogP contribution < -0.4 is 4.74 Å². The van der Waals surface area contributed by atoms with E-state index in [2.05, 4.69) is 4.90 Å². The highest BCUT2D eigenvalue weighted by atomic mass is 19.1. The molecule has 2 aliphatic rings. The Morgan fingerprint density at radius 3 is 2.57 bits per heavy atom. The van der Waals surface area contributed by atoms with Crippen LogP contribution in [0, 0.1) is 11.7 Å². The molecule has 1 aliphatic carbocycles. The molecule has 0 bridgehead atoms. The Morgan fingerprint density at radius 2 is 1.93 bits per heavy atom. The van der Waals surface area contributed by atoms with Gasteiger partial charge in [0, 0.05) is 25.7 Å². The fraction of sp³-hybridized carbons (Fsp3) is 0.682. The zero-order chi connectivity index (χ0) is 20.3. The van der Waals surface area contributed by atoms with Crippen molar-refractivity contribution in [2.75, 3.05) is 26.7 Å². The van der Waals surface area contributed by atoms with Gasteiger partial charge in [-0.25, -0.2) is 9.18 Å². The van der Waals surface area contributed by atoms with Crippen molar-refractivity contribution >= 4 is 6.09 Å². The molecule has 1 aliphatic heterocycles. The molecule has 1 aromatic rings. The van der Waals surface area contributed by atoms with Gasteiger partial charge in [-0.15, -0.1) is 0 Å². The molecule has 5 nitrogen and oxygen atoms in total. The van der Waals surface area contributed by atoms with Crippen LogP contribution in [0.15, 0.2) is 18.2 Å². The van der Waals surface area contributed by atoms with Crippen LogP contribution in [0.25, 0.3) is 0 Å². The Morgan fingerprint density at radius 1 is 1.25 bits per heavy atom. The van der Waals surface area contributed by atoms with E-state index in [9.17, 15) is 9.18 Å². The first-order valence-corrected chi connectivity index (χ1v) is 10.3. The first-order chi connectivity index (χ1) is 13.2. The Bertz CT molecular complexity index is 677. The van der Waals surface area contributed by atoms with E-state index < -0.39 is 5.60 Å². The van der Waals surface area contributed by atoms with Gasteiger partial charge in [0.05, 0.1) is 6.10 Å². The summed E-state index contributed by atoms with van der Waals surface area (Å²) in [6.07, 6.45) is 3.73. The van der Waals surface area contributed by atoms with Gasteiger partial charge >= 0.3 is 6.09 Å². The lowest BCUT2D eigenvalue weighted by molar-refractivity contribution is 0.0111. The fourth-order valence-corrected chi connectivity index (χ4v) is 3.85. The molecule has 0 radical (unpaired) electrons. The zero-order valence-electron chi connectivity index (χ0n) is 17.5. The van der Waals surface area contributed by atoms with Crippen LogP contribution in [0.1, 0.15) is 52.0 Å². The fourth-order valence-electron chi connectivity index (χ4n) is 3.85. The molecule has 1 aromatic carbocycles. The van der Waals surface area contributed by atoms with Crippen molar-refractivity contribution in [1.82, 2.24) is 9.80 Å². The highest BCUT2D eigenvalue weighted by Crippen LogP contribution is 2.34. The number of carbonyl (C=O) groups is 1. The minimum absolute atomic E-state index is 0.00794. The minimum Gasteiger partial charge on any atom is -0.487 e. The van der Waals surface area contributed by atoms with Gasteiger partial charge < -0.3 is 14.4 Å². The molecule has 0 spiro atoms. The lowest BCUT2D eigenvalue weighted by atomic mass is 9.82. The normalized spacial score (nSPS) is 22.6. The van der Waals surface area contributed by atoms with Crippen LogP contribution in [-0.2, 0) is 11.3 Å². The maximum atomic E-state index is 14.8. The van der Waals surface area contributed by atoms with Crippen molar-refractivity contribution in [2.45, 2.75) is 64.7 Å². The first kappa shape index (κ1) is 20.9. The van der Waals surface area contributed by atoms with Crippen LogP contribution in [0.4, 0.5) is 9.18 Å². The summed E-state index contributed by atoms with van der Waals surface area (Å²) < 4.78 is 26.1. The SMILES string of the molecule is CN(CC1CC(Oc2cccc(CN3CCCC3)c2F)C1)C(=O)OC(C)(C)C. The van der Waals surface area contributed by atoms with Crippen LogP contribution in [0.2, 0.25) is 0 Å². The molecular weight excluding hydrogens is 359 g/mol. The summed E-state index contributed by atoms with van der Waals surface area (Å²) in [4.78, 5) is 16.0. The third-order valence-electron chi connectivity index (χ3n) is 5.36. The van der Waals surface area contributed by atoms with Gasteiger partial charge in [-0.2, -0.15) is 0 Å². The van der Waals surface area contributed by atoms with Crippen molar-refractivity contribution in [3.8, 4) is 5.75 Å². The van der Waals surface area contributed by atoms with Gasteiger partial charge in [0.1, 0.15) is 5.60 Å². The van der Waals surface area contributed by atoms with Crippen molar-refractivity contribution in [3.05, 3.63) is 29.6 Å². The Kier molecular flexibility index (Phi) is 6.48. The molecule has 1 amide bonds.